The van der Waals surface area contributed by atoms with E-state index in [-0.39, 0.29) is 17.9 Å². The maximum absolute atomic E-state index is 12.4. The third-order valence-corrected chi connectivity index (χ3v) is 1.18. The summed E-state index contributed by atoms with van der Waals surface area (Å²) in [5.74, 6) is -0.925. The number of hydrogen-bond acceptors (Lipinski definition) is 2. The Morgan fingerprint density at radius 2 is 2.60 bits per heavy atom. The summed E-state index contributed by atoms with van der Waals surface area (Å²) in [6, 6.07) is 0. The summed E-state index contributed by atoms with van der Waals surface area (Å²) in [6.45, 7) is 1.66. The Balaban J connectivity index is 2.93. The fourth-order valence-electron chi connectivity index (χ4n) is 0.640. The zero-order chi connectivity index (χ0) is 7.56. The van der Waals surface area contributed by atoms with E-state index >= 15 is 0 Å². The molecule has 1 aromatic heterocycles. The van der Waals surface area contributed by atoms with Crippen molar-refractivity contribution in [3.05, 3.63) is 18.0 Å². The molecule has 54 valence electrons. The van der Waals surface area contributed by atoms with Crippen LogP contribution >= 0.6 is 0 Å². The highest BCUT2D eigenvalue weighted by Crippen LogP contribution is 2.02. The van der Waals surface area contributed by atoms with Crippen LogP contribution in [0.2, 0.25) is 0 Å². The summed E-state index contributed by atoms with van der Waals surface area (Å²) >= 11 is 0. The number of Topliss-reactive ketones (excluding diaryl/α,β-unsaturated/α-hetero) is 1. The van der Waals surface area contributed by atoms with Gasteiger partial charge in [-0.2, -0.15) is 4.39 Å². The summed E-state index contributed by atoms with van der Waals surface area (Å²) in [4.78, 5) is 16.5. The highest BCUT2D eigenvalue weighted by molar-refractivity contribution is 5.93. The van der Waals surface area contributed by atoms with Crippen LogP contribution in [0.3, 0.4) is 0 Å². The molecule has 0 saturated carbocycles. The van der Waals surface area contributed by atoms with Crippen molar-refractivity contribution in [2.24, 2.45) is 0 Å². The van der Waals surface area contributed by atoms with E-state index < -0.39 is 5.95 Å². The molecule has 1 N–H and O–H groups in total. The topological polar surface area (TPSA) is 45.8 Å². The number of aromatic nitrogens is 2. The number of rotatable bonds is 2. The molecule has 0 aliphatic carbocycles. The van der Waals surface area contributed by atoms with Crippen LogP contribution in [0.1, 0.15) is 23.8 Å². The number of imidazole rings is 1. The molecular weight excluding hydrogens is 135 g/mol. The SMILES string of the molecule is CCC(=O)c1nc[nH]c1F. The van der Waals surface area contributed by atoms with Crippen LogP contribution < -0.4 is 0 Å². The Morgan fingerprint density at radius 3 is 3.00 bits per heavy atom. The van der Waals surface area contributed by atoms with Gasteiger partial charge in [0.05, 0.1) is 6.33 Å². The molecule has 1 rings (SSSR count). The number of nitrogens with one attached hydrogen (secondary N) is 1. The van der Waals surface area contributed by atoms with Crippen LogP contribution in [0.15, 0.2) is 6.33 Å². The summed E-state index contributed by atoms with van der Waals surface area (Å²) in [7, 11) is 0. The van der Waals surface area contributed by atoms with Crippen molar-refractivity contribution in [2.75, 3.05) is 0 Å². The molecular formula is C6H7FN2O. The molecule has 0 aromatic carbocycles. The van der Waals surface area contributed by atoms with Gasteiger partial charge in [0.15, 0.2) is 11.5 Å². The van der Waals surface area contributed by atoms with Crippen molar-refractivity contribution < 1.29 is 9.18 Å². The molecule has 1 aromatic rings. The largest absolute Gasteiger partial charge is 0.321 e. The molecule has 0 saturated heterocycles. The maximum Gasteiger partial charge on any atom is 0.221 e. The number of carbonyl (C=O) groups excluding carboxylic acids is 1. The van der Waals surface area contributed by atoms with Crippen LogP contribution in [0.5, 0.6) is 0 Å². The van der Waals surface area contributed by atoms with Gasteiger partial charge in [-0.15, -0.1) is 0 Å². The Hall–Kier alpha value is -1.19. The first kappa shape index (κ1) is 6.92. The third-order valence-electron chi connectivity index (χ3n) is 1.18. The van der Waals surface area contributed by atoms with Crippen LogP contribution in [-0.2, 0) is 0 Å². The van der Waals surface area contributed by atoms with Gasteiger partial charge < -0.3 is 4.98 Å². The van der Waals surface area contributed by atoms with Gasteiger partial charge in [-0.05, 0) is 0 Å². The number of H-pyrrole nitrogens is 1. The Labute approximate surface area is 57.3 Å². The van der Waals surface area contributed by atoms with Crippen LogP contribution in [0.25, 0.3) is 0 Å². The average Bonchev–Trinajstić information content (AvgIpc) is 2.34. The van der Waals surface area contributed by atoms with Crippen molar-refractivity contribution in [3.63, 3.8) is 0 Å². The number of halogens is 1. The molecule has 3 nitrogen and oxygen atoms in total. The molecule has 0 bridgehead atoms. The summed E-state index contributed by atoms with van der Waals surface area (Å²) < 4.78 is 12.4. The fraction of sp³-hybridized carbons (Fsp3) is 0.333. The zero-order valence-electron chi connectivity index (χ0n) is 5.52. The minimum Gasteiger partial charge on any atom is -0.321 e. The number of hydrogen-bond donors (Lipinski definition) is 1. The van der Waals surface area contributed by atoms with E-state index in [0.717, 1.165) is 6.33 Å². The van der Waals surface area contributed by atoms with E-state index in [9.17, 15) is 9.18 Å². The summed E-state index contributed by atoms with van der Waals surface area (Å²) in [6.07, 6.45) is 1.44. The van der Waals surface area contributed by atoms with Gasteiger partial charge in [-0.3, -0.25) is 4.79 Å². The molecule has 4 heteroatoms. The molecule has 0 aliphatic rings. The lowest BCUT2D eigenvalue weighted by Crippen LogP contribution is -1.99. The molecule has 10 heavy (non-hydrogen) atoms. The van der Waals surface area contributed by atoms with E-state index in [2.05, 4.69) is 9.97 Å². The van der Waals surface area contributed by atoms with Crippen molar-refractivity contribution in [1.82, 2.24) is 9.97 Å². The predicted molar refractivity (Wildman–Crippen MR) is 33.2 cm³/mol. The Bertz CT molecular complexity index is 244. The summed E-state index contributed by atoms with van der Waals surface area (Å²) in [5.41, 5.74) is -0.0949. The van der Waals surface area contributed by atoms with Crippen molar-refractivity contribution >= 4 is 5.78 Å². The number of aromatic amines is 1. The Kier molecular flexibility index (Phi) is 1.80. The lowest BCUT2D eigenvalue weighted by molar-refractivity contribution is 0.0979. The van der Waals surface area contributed by atoms with Gasteiger partial charge in [0, 0.05) is 6.42 Å². The molecule has 0 atom stereocenters. The molecule has 0 amide bonds. The molecule has 0 aliphatic heterocycles. The monoisotopic (exact) mass is 142 g/mol. The predicted octanol–water partition coefficient (Wildman–Crippen LogP) is 1.14. The molecule has 1 heterocycles. The molecule has 0 unspecified atom stereocenters. The van der Waals surface area contributed by atoms with Gasteiger partial charge in [0.25, 0.3) is 0 Å². The van der Waals surface area contributed by atoms with Crippen LogP contribution in [0, 0.1) is 5.95 Å². The number of nitrogens with zero attached hydrogens (tertiary/aromatic N) is 1. The normalized spacial score (nSPS) is 9.80. The second-order valence-electron chi connectivity index (χ2n) is 1.84. The van der Waals surface area contributed by atoms with Gasteiger partial charge in [-0.25, -0.2) is 4.98 Å². The molecule has 0 fully saturated rings. The second-order valence-corrected chi connectivity index (χ2v) is 1.84. The number of ketones is 1. The minimum absolute atomic E-state index is 0.0949. The number of carbonyl (C=O) groups is 1. The van der Waals surface area contributed by atoms with E-state index in [4.69, 9.17) is 0 Å². The smallest absolute Gasteiger partial charge is 0.221 e. The van der Waals surface area contributed by atoms with Crippen molar-refractivity contribution in [3.8, 4) is 0 Å². The van der Waals surface area contributed by atoms with Gasteiger partial charge in [0.1, 0.15) is 0 Å². The maximum atomic E-state index is 12.4. The van der Waals surface area contributed by atoms with E-state index in [0.29, 0.717) is 0 Å². The van der Waals surface area contributed by atoms with Crippen molar-refractivity contribution in [1.29, 1.82) is 0 Å². The van der Waals surface area contributed by atoms with E-state index in [1.165, 1.54) is 0 Å². The first-order valence-electron chi connectivity index (χ1n) is 2.97. The Morgan fingerprint density at radius 1 is 1.90 bits per heavy atom. The first-order chi connectivity index (χ1) is 4.75. The molecule has 0 spiro atoms. The zero-order valence-corrected chi connectivity index (χ0v) is 5.52. The third kappa shape index (κ3) is 1.05. The average molecular weight is 142 g/mol. The summed E-state index contributed by atoms with van der Waals surface area (Å²) in [5, 5.41) is 0. The van der Waals surface area contributed by atoms with E-state index in [1.54, 1.807) is 6.92 Å². The minimum atomic E-state index is -0.646. The van der Waals surface area contributed by atoms with Gasteiger partial charge in [0.2, 0.25) is 5.95 Å². The quantitative estimate of drug-likeness (QED) is 0.629. The van der Waals surface area contributed by atoms with Crippen LogP contribution in [0.4, 0.5) is 4.39 Å². The van der Waals surface area contributed by atoms with E-state index in [1.807, 2.05) is 0 Å². The first-order valence-corrected chi connectivity index (χ1v) is 2.97. The highest BCUT2D eigenvalue weighted by Gasteiger charge is 2.11. The van der Waals surface area contributed by atoms with Crippen molar-refractivity contribution in [2.45, 2.75) is 13.3 Å². The second kappa shape index (κ2) is 2.60. The van der Waals surface area contributed by atoms with Gasteiger partial charge >= 0.3 is 0 Å². The standard InChI is InChI=1S/C6H7FN2O/c1-2-4(10)5-6(7)9-3-8-5/h3H,2H2,1H3,(H,8,9). The van der Waals surface area contributed by atoms with Crippen LogP contribution in [-0.4, -0.2) is 15.8 Å². The molecule has 0 radical (unpaired) electrons. The van der Waals surface area contributed by atoms with Gasteiger partial charge in [-0.1, -0.05) is 6.92 Å². The highest BCUT2D eigenvalue weighted by atomic mass is 19.1. The fourth-order valence-corrected chi connectivity index (χ4v) is 0.640. The lowest BCUT2D eigenvalue weighted by Gasteiger charge is -1.87. The lowest BCUT2D eigenvalue weighted by atomic mass is 10.2.